The molecular weight excluding hydrogens is 398 g/mol. The number of imidazole rings is 1. The molecule has 2 heterocycles. The number of aromatic nitrogens is 2. The molecule has 6 heteroatoms. The molecule has 0 N–H and O–H groups in total. The zero-order valence-electron chi connectivity index (χ0n) is 13.9. The van der Waals surface area contributed by atoms with E-state index in [9.17, 15) is 4.79 Å². The van der Waals surface area contributed by atoms with Crippen molar-refractivity contribution < 1.29 is 4.79 Å². The van der Waals surface area contributed by atoms with Crippen LogP contribution >= 0.6 is 27.7 Å². The molecule has 0 aliphatic carbocycles. The Hall–Kier alpha value is -1.79. The van der Waals surface area contributed by atoms with Gasteiger partial charge in [-0.15, -0.1) is 0 Å². The van der Waals surface area contributed by atoms with Gasteiger partial charge in [-0.3, -0.25) is 4.79 Å². The Morgan fingerprint density at radius 3 is 2.96 bits per heavy atom. The van der Waals surface area contributed by atoms with E-state index in [-0.39, 0.29) is 5.91 Å². The van der Waals surface area contributed by atoms with E-state index < -0.39 is 0 Å². The molecule has 1 aliphatic heterocycles. The first-order valence-corrected chi connectivity index (χ1v) is 10.4. The van der Waals surface area contributed by atoms with E-state index in [0.717, 1.165) is 45.7 Å². The lowest BCUT2D eigenvalue weighted by atomic mass is 10.2. The molecule has 1 aliphatic rings. The molecule has 2 aromatic carbocycles. The van der Waals surface area contributed by atoms with Crippen molar-refractivity contribution in [3.63, 3.8) is 0 Å². The van der Waals surface area contributed by atoms with Gasteiger partial charge in [0.15, 0.2) is 0 Å². The van der Waals surface area contributed by atoms with Crippen molar-refractivity contribution in [2.75, 3.05) is 17.7 Å². The van der Waals surface area contributed by atoms with E-state index in [1.807, 2.05) is 41.3 Å². The second kappa shape index (κ2) is 6.84. The molecular formula is C19H18BrN3OS. The summed E-state index contributed by atoms with van der Waals surface area (Å²) in [6.45, 7) is 1.07. The molecule has 25 heavy (non-hydrogen) atoms. The van der Waals surface area contributed by atoms with Gasteiger partial charge in [-0.1, -0.05) is 28.1 Å². The van der Waals surface area contributed by atoms with Gasteiger partial charge in [0, 0.05) is 16.7 Å². The highest BCUT2D eigenvalue weighted by Gasteiger charge is 2.25. The fourth-order valence-electron chi connectivity index (χ4n) is 3.39. The topological polar surface area (TPSA) is 38.1 Å². The predicted molar refractivity (Wildman–Crippen MR) is 107 cm³/mol. The van der Waals surface area contributed by atoms with Gasteiger partial charge in [0.1, 0.15) is 12.4 Å². The van der Waals surface area contributed by atoms with E-state index in [1.54, 1.807) is 11.8 Å². The van der Waals surface area contributed by atoms with Crippen molar-refractivity contribution in [3.05, 3.63) is 58.3 Å². The van der Waals surface area contributed by atoms with Gasteiger partial charge in [0.25, 0.3) is 0 Å². The molecule has 0 spiro atoms. The van der Waals surface area contributed by atoms with Crippen molar-refractivity contribution in [3.8, 4) is 0 Å². The predicted octanol–water partition coefficient (Wildman–Crippen LogP) is 4.25. The first-order chi connectivity index (χ1) is 12.2. The van der Waals surface area contributed by atoms with Crippen molar-refractivity contribution in [1.29, 1.82) is 0 Å². The molecule has 4 nitrogen and oxygen atoms in total. The highest BCUT2D eigenvalue weighted by molar-refractivity contribution is 9.10. The summed E-state index contributed by atoms with van der Waals surface area (Å²) in [4.78, 5) is 19.6. The summed E-state index contributed by atoms with van der Waals surface area (Å²) in [7, 11) is 0. The number of carbonyl (C=O) groups excluding carboxylic acids is 1. The number of amides is 1. The average Bonchev–Trinajstić information content (AvgIpc) is 3.17. The second-order valence-corrected chi connectivity index (χ2v) is 7.89. The number of nitrogens with zero attached hydrogens (tertiary/aromatic N) is 3. The molecule has 1 amide bonds. The van der Waals surface area contributed by atoms with E-state index >= 15 is 0 Å². The Morgan fingerprint density at radius 1 is 1.28 bits per heavy atom. The Labute approximate surface area is 159 Å². The molecule has 128 valence electrons. The van der Waals surface area contributed by atoms with Crippen LogP contribution in [0.1, 0.15) is 11.4 Å². The van der Waals surface area contributed by atoms with E-state index in [0.29, 0.717) is 6.54 Å². The molecule has 0 atom stereocenters. The Balaban J connectivity index is 1.66. The summed E-state index contributed by atoms with van der Waals surface area (Å²) in [5, 5.41) is 0. The maximum atomic E-state index is 13.0. The number of halogens is 1. The first kappa shape index (κ1) is 16.7. The molecule has 0 unspecified atom stereocenters. The van der Waals surface area contributed by atoms with Gasteiger partial charge in [-0.25, -0.2) is 4.98 Å². The largest absolute Gasteiger partial charge is 0.318 e. The van der Waals surface area contributed by atoms with Gasteiger partial charge in [0.05, 0.1) is 16.8 Å². The van der Waals surface area contributed by atoms with Crippen LogP contribution in [0.2, 0.25) is 0 Å². The third kappa shape index (κ3) is 3.09. The zero-order valence-corrected chi connectivity index (χ0v) is 16.3. The maximum absolute atomic E-state index is 13.0. The number of benzene rings is 2. The van der Waals surface area contributed by atoms with Gasteiger partial charge in [-0.2, -0.15) is 11.8 Å². The van der Waals surface area contributed by atoms with Crippen LogP contribution in [0.25, 0.3) is 11.0 Å². The van der Waals surface area contributed by atoms with Crippen LogP contribution in [0.4, 0.5) is 5.69 Å². The van der Waals surface area contributed by atoms with Gasteiger partial charge < -0.3 is 9.47 Å². The van der Waals surface area contributed by atoms with Crippen molar-refractivity contribution in [1.82, 2.24) is 9.55 Å². The van der Waals surface area contributed by atoms with Crippen LogP contribution in [-0.2, 0) is 23.5 Å². The number of hydrogen-bond acceptors (Lipinski definition) is 3. The number of fused-ring (bicyclic) bond motifs is 2. The summed E-state index contributed by atoms with van der Waals surface area (Å²) in [5.41, 5.74) is 4.23. The molecule has 1 aromatic heterocycles. The number of thioether (sulfide) groups is 1. The number of anilines is 1. The van der Waals surface area contributed by atoms with Gasteiger partial charge >= 0.3 is 0 Å². The minimum atomic E-state index is 0.117. The fraction of sp³-hybridized carbons (Fsp3) is 0.263. The third-order valence-corrected chi connectivity index (χ3v) is 5.58. The number of rotatable bonds is 4. The summed E-state index contributed by atoms with van der Waals surface area (Å²) in [5.74, 6) is 1.87. The van der Waals surface area contributed by atoms with Crippen LogP contribution < -0.4 is 4.90 Å². The Bertz CT molecular complexity index is 953. The van der Waals surface area contributed by atoms with Gasteiger partial charge in [0.2, 0.25) is 5.91 Å². The molecule has 3 aromatic rings. The highest BCUT2D eigenvalue weighted by Crippen LogP contribution is 2.31. The van der Waals surface area contributed by atoms with Crippen molar-refractivity contribution >= 4 is 50.3 Å². The quantitative estimate of drug-likeness (QED) is 0.638. The fourth-order valence-corrected chi connectivity index (χ4v) is 4.28. The summed E-state index contributed by atoms with van der Waals surface area (Å²) in [6, 6.07) is 14.1. The summed E-state index contributed by atoms with van der Waals surface area (Å²) < 4.78 is 3.12. The third-order valence-electron chi connectivity index (χ3n) is 4.54. The zero-order chi connectivity index (χ0) is 17.4. The monoisotopic (exact) mass is 415 g/mol. The lowest BCUT2D eigenvalue weighted by Gasteiger charge is -2.19. The highest BCUT2D eigenvalue weighted by atomic mass is 79.9. The minimum Gasteiger partial charge on any atom is -0.318 e. The normalized spacial score (nSPS) is 13.4. The van der Waals surface area contributed by atoms with Crippen LogP contribution in [-0.4, -0.2) is 28.3 Å². The summed E-state index contributed by atoms with van der Waals surface area (Å²) in [6.07, 6.45) is 2.96. The number of hydrogen-bond donors (Lipinski definition) is 0. The van der Waals surface area contributed by atoms with Crippen LogP contribution in [0.3, 0.4) is 0 Å². The van der Waals surface area contributed by atoms with Gasteiger partial charge in [-0.05, 0) is 48.6 Å². The second-order valence-electron chi connectivity index (χ2n) is 6.10. The first-order valence-electron chi connectivity index (χ1n) is 8.19. The minimum absolute atomic E-state index is 0.117. The van der Waals surface area contributed by atoms with E-state index in [1.165, 1.54) is 5.56 Å². The number of para-hydroxylation sites is 2. The maximum Gasteiger partial charge on any atom is 0.247 e. The molecule has 0 radical (unpaired) electrons. The van der Waals surface area contributed by atoms with Crippen molar-refractivity contribution in [2.24, 2.45) is 0 Å². The SMILES string of the molecule is CSCc1nc2ccccc2n1CC(=O)N1CCc2cc(Br)ccc21. The van der Waals surface area contributed by atoms with E-state index in [4.69, 9.17) is 4.98 Å². The molecule has 0 bridgehead atoms. The standard InChI is InChI=1S/C19H18BrN3OS/c1-25-12-18-21-15-4-2-3-5-17(15)23(18)11-19(24)22-9-8-13-10-14(20)6-7-16(13)22/h2-7,10H,8-9,11-12H2,1H3. The molecule has 0 saturated heterocycles. The van der Waals surface area contributed by atoms with Crippen LogP contribution in [0.5, 0.6) is 0 Å². The van der Waals surface area contributed by atoms with Crippen LogP contribution in [0, 0.1) is 0 Å². The summed E-state index contributed by atoms with van der Waals surface area (Å²) >= 11 is 5.23. The molecule has 4 rings (SSSR count). The number of carbonyl (C=O) groups is 1. The Kier molecular flexibility index (Phi) is 4.56. The lowest BCUT2D eigenvalue weighted by Crippen LogP contribution is -2.32. The smallest absolute Gasteiger partial charge is 0.247 e. The van der Waals surface area contributed by atoms with Crippen LogP contribution in [0.15, 0.2) is 46.9 Å². The molecule has 0 saturated carbocycles. The molecule has 0 fully saturated rings. The van der Waals surface area contributed by atoms with Crippen molar-refractivity contribution in [2.45, 2.75) is 18.7 Å². The lowest BCUT2D eigenvalue weighted by molar-refractivity contribution is -0.119. The van der Waals surface area contributed by atoms with E-state index in [2.05, 4.69) is 32.8 Å². The average molecular weight is 416 g/mol. The Morgan fingerprint density at radius 2 is 2.12 bits per heavy atom.